The molecule has 2 aliphatic rings. The lowest BCUT2D eigenvalue weighted by Crippen LogP contribution is -2.47. The van der Waals surface area contributed by atoms with Crippen LogP contribution in [0.5, 0.6) is 0 Å². The molecule has 0 aliphatic carbocycles. The normalized spacial score (nSPS) is 18.4. The lowest BCUT2D eigenvalue weighted by Gasteiger charge is -2.37. The lowest BCUT2D eigenvalue weighted by molar-refractivity contribution is -0.181. The van der Waals surface area contributed by atoms with Crippen molar-refractivity contribution >= 4 is 11.6 Å². The summed E-state index contributed by atoms with van der Waals surface area (Å²) in [5.74, 6) is -0.493. The first-order chi connectivity index (χ1) is 13.7. The second kappa shape index (κ2) is 8.71. The van der Waals surface area contributed by atoms with Gasteiger partial charge in [0.05, 0.1) is 13.2 Å². The van der Waals surface area contributed by atoms with Crippen LogP contribution in [-0.4, -0.2) is 54.4 Å². The van der Waals surface area contributed by atoms with E-state index in [-0.39, 0.29) is 5.91 Å². The maximum atomic E-state index is 12.8. The van der Waals surface area contributed by atoms with E-state index in [1.54, 1.807) is 6.20 Å². The van der Waals surface area contributed by atoms with Crippen molar-refractivity contribution < 1.29 is 14.3 Å². The second-order valence-electron chi connectivity index (χ2n) is 7.35. The van der Waals surface area contributed by atoms with E-state index in [9.17, 15) is 4.79 Å². The summed E-state index contributed by atoms with van der Waals surface area (Å²) in [6.07, 6.45) is 5.20. The number of nitrogens with one attached hydrogen (secondary N) is 1. The smallest absolute Gasteiger partial charge is 0.272 e. The van der Waals surface area contributed by atoms with Crippen molar-refractivity contribution in [1.29, 1.82) is 0 Å². The number of aromatic nitrogens is 1. The highest BCUT2D eigenvalue weighted by Gasteiger charge is 2.41. The Hall–Kier alpha value is -2.44. The number of carbonyl (C=O) groups is 1. The number of rotatable bonds is 6. The molecule has 2 aliphatic heterocycles. The van der Waals surface area contributed by atoms with Crippen LogP contribution < -0.4 is 5.32 Å². The number of hydrogen-bond acceptors (Lipinski definition) is 5. The summed E-state index contributed by atoms with van der Waals surface area (Å²) in [7, 11) is 0. The van der Waals surface area contributed by atoms with Crippen LogP contribution in [0.15, 0.2) is 48.7 Å². The maximum absolute atomic E-state index is 12.8. The van der Waals surface area contributed by atoms with Crippen molar-refractivity contribution in [1.82, 2.24) is 9.88 Å². The number of likely N-dealkylation sites (tertiary alicyclic amines) is 1. The van der Waals surface area contributed by atoms with Crippen molar-refractivity contribution in [2.24, 2.45) is 0 Å². The highest BCUT2D eigenvalue weighted by Crippen LogP contribution is 2.31. The van der Waals surface area contributed by atoms with E-state index in [1.807, 2.05) is 23.1 Å². The molecule has 2 saturated heterocycles. The van der Waals surface area contributed by atoms with E-state index in [1.165, 1.54) is 5.56 Å². The molecule has 2 aromatic rings. The van der Waals surface area contributed by atoms with Gasteiger partial charge in [0, 0.05) is 44.4 Å². The quantitative estimate of drug-likeness (QED) is 0.779. The first-order valence-corrected chi connectivity index (χ1v) is 10.1. The van der Waals surface area contributed by atoms with Crippen LogP contribution in [0.1, 0.15) is 35.3 Å². The Morgan fingerprint density at radius 1 is 1.11 bits per heavy atom. The first-order valence-electron chi connectivity index (χ1n) is 10.1. The van der Waals surface area contributed by atoms with Gasteiger partial charge in [0.25, 0.3) is 5.91 Å². The summed E-state index contributed by atoms with van der Waals surface area (Å²) in [5.41, 5.74) is 2.76. The zero-order chi connectivity index (χ0) is 19.2. The van der Waals surface area contributed by atoms with E-state index in [2.05, 4.69) is 34.6 Å². The van der Waals surface area contributed by atoms with Gasteiger partial charge < -0.3 is 19.7 Å². The van der Waals surface area contributed by atoms with E-state index < -0.39 is 5.79 Å². The van der Waals surface area contributed by atoms with Gasteiger partial charge in [0.15, 0.2) is 5.79 Å². The molecule has 0 bridgehead atoms. The average Bonchev–Trinajstić information content (AvgIpc) is 3.20. The number of piperidine rings is 1. The Morgan fingerprint density at radius 3 is 2.61 bits per heavy atom. The summed E-state index contributed by atoms with van der Waals surface area (Å²) in [6, 6.07) is 14.2. The Bertz CT molecular complexity index is 781. The number of anilines is 1. The molecule has 2 fully saturated rings. The van der Waals surface area contributed by atoms with Gasteiger partial charge in [-0.3, -0.25) is 9.78 Å². The van der Waals surface area contributed by atoms with Crippen LogP contribution in [0.3, 0.4) is 0 Å². The third kappa shape index (κ3) is 4.51. The third-order valence-electron chi connectivity index (χ3n) is 5.42. The monoisotopic (exact) mass is 381 g/mol. The molecule has 6 nitrogen and oxygen atoms in total. The van der Waals surface area contributed by atoms with Crippen LogP contribution in [-0.2, 0) is 15.9 Å². The summed E-state index contributed by atoms with van der Waals surface area (Å²) >= 11 is 0. The van der Waals surface area contributed by atoms with Crippen LogP contribution in [0.4, 0.5) is 5.69 Å². The second-order valence-corrected chi connectivity index (χ2v) is 7.35. The predicted molar refractivity (Wildman–Crippen MR) is 107 cm³/mol. The predicted octanol–water partition coefficient (Wildman–Crippen LogP) is 3.11. The van der Waals surface area contributed by atoms with Gasteiger partial charge in [-0.15, -0.1) is 0 Å². The zero-order valence-corrected chi connectivity index (χ0v) is 16.1. The topological polar surface area (TPSA) is 63.7 Å². The van der Waals surface area contributed by atoms with Crippen LogP contribution in [0, 0.1) is 0 Å². The molecule has 0 radical (unpaired) electrons. The minimum atomic E-state index is -0.466. The van der Waals surface area contributed by atoms with E-state index in [0.717, 1.165) is 37.9 Å². The first kappa shape index (κ1) is 18.9. The molecule has 1 aromatic heterocycles. The fraction of sp³-hybridized carbons (Fsp3) is 0.455. The molecule has 3 heterocycles. The summed E-state index contributed by atoms with van der Waals surface area (Å²) in [5, 5.41) is 3.40. The SMILES string of the molecule is O=C(c1cc(NCCCc2ccccc2)ccn1)N1CCC2(CC1)OCCO2. The number of aryl methyl sites for hydroxylation is 1. The van der Waals surface area contributed by atoms with Gasteiger partial charge in [-0.2, -0.15) is 0 Å². The highest BCUT2D eigenvalue weighted by atomic mass is 16.7. The molecule has 1 spiro atoms. The Balaban J connectivity index is 1.27. The zero-order valence-electron chi connectivity index (χ0n) is 16.1. The van der Waals surface area contributed by atoms with Gasteiger partial charge in [0.1, 0.15) is 5.69 Å². The number of ether oxygens (including phenoxy) is 2. The van der Waals surface area contributed by atoms with Crippen molar-refractivity contribution in [2.75, 3.05) is 38.2 Å². The van der Waals surface area contributed by atoms with Crippen molar-refractivity contribution in [2.45, 2.75) is 31.5 Å². The fourth-order valence-electron chi connectivity index (χ4n) is 3.83. The van der Waals surface area contributed by atoms with E-state index in [4.69, 9.17) is 9.47 Å². The average molecular weight is 381 g/mol. The van der Waals surface area contributed by atoms with E-state index in [0.29, 0.717) is 32.0 Å². The third-order valence-corrected chi connectivity index (χ3v) is 5.42. The summed E-state index contributed by atoms with van der Waals surface area (Å²) < 4.78 is 11.5. The molecule has 148 valence electrons. The van der Waals surface area contributed by atoms with Gasteiger partial charge >= 0.3 is 0 Å². The van der Waals surface area contributed by atoms with Gasteiger partial charge in [-0.25, -0.2) is 0 Å². The number of pyridine rings is 1. The molecule has 1 N–H and O–H groups in total. The van der Waals surface area contributed by atoms with Gasteiger partial charge in [0.2, 0.25) is 0 Å². The summed E-state index contributed by atoms with van der Waals surface area (Å²) in [4.78, 5) is 19.0. The Labute approximate surface area is 165 Å². The fourth-order valence-corrected chi connectivity index (χ4v) is 3.83. The summed E-state index contributed by atoms with van der Waals surface area (Å²) in [6.45, 7) is 3.42. The molecular weight excluding hydrogens is 354 g/mol. The highest BCUT2D eigenvalue weighted by molar-refractivity contribution is 5.93. The molecule has 1 amide bonds. The van der Waals surface area contributed by atoms with Gasteiger partial charge in [-0.05, 0) is 30.5 Å². The molecular formula is C22H27N3O3. The van der Waals surface area contributed by atoms with Gasteiger partial charge in [-0.1, -0.05) is 30.3 Å². The van der Waals surface area contributed by atoms with Crippen molar-refractivity contribution in [3.8, 4) is 0 Å². The molecule has 28 heavy (non-hydrogen) atoms. The molecule has 6 heteroatoms. The Kier molecular flexibility index (Phi) is 5.88. The minimum absolute atomic E-state index is 0.0271. The molecule has 0 unspecified atom stereocenters. The molecule has 1 aromatic carbocycles. The number of amides is 1. The minimum Gasteiger partial charge on any atom is -0.385 e. The van der Waals surface area contributed by atoms with Crippen molar-refractivity contribution in [3.05, 3.63) is 59.9 Å². The van der Waals surface area contributed by atoms with Crippen LogP contribution in [0.2, 0.25) is 0 Å². The lowest BCUT2D eigenvalue weighted by atomic mass is 10.0. The maximum Gasteiger partial charge on any atom is 0.272 e. The number of carbonyl (C=O) groups excluding carboxylic acids is 1. The number of benzene rings is 1. The Morgan fingerprint density at radius 2 is 1.86 bits per heavy atom. The van der Waals surface area contributed by atoms with Crippen LogP contribution in [0.25, 0.3) is 0 Å². The molecule has 0 saturated carbocycles. The molecule has 4 rings (SSSR count). The van der Waals surface area contributed by atoms with Crippen LogP contribution >= 0.6 is 0 Å². The molecule has 0 atom stereocenters. The number of hydrogen-bond donors (Lipinski definition) is 1. The van der Waals surface area contributed by atoms with Crippen molar-refractivity contribution in [3.63, 3.8) is 0 Å². The standard InChI is InChI=1S/C22H27N3O3/c26-21(25-13-9-22(10-14-25)27-15-16-28-22)20-17-19(8-12-24-20)23-11-4-7-18-5-2-1-3-6-18/h1-3,5-6,8,12,17H,4,7,9-11,13-16H2,(H,23,24). The number of nitrogens with zero attached hydrogens (tertiary/aromatic N) is 2. The largest absolute Gasteiger partial charge is 0.385 e. The van der Waals surface area contributed by atoms with E-state index >= 15 is 0 Å².